The Morgan fingerprint density at radius 3 is 2.09 bits per heavy atom. The van der Waals surface area contributed by atoms with E-state index in [4.69, 9.17) is 4.74 Å². The monoisotopic (exact) mass is 472 g/mol. The van der Waals surface area contributed by atoms with Crippen LogP contribution in [0.1, 0.15) is 66.7 Å². The van der Waals surface area contributed by atoms with E-state index in [0.717, 1.165) is 48.3 Å². The molecular weight excluding hydrogens is 436 g/mol. The van der Waals surface area contributed by atoms with E-state index in [1.807, 2.05) is 36.4 Å². The number of esters is 1. The van der Waals surface area contributed by atoms with Gasteiger partial charge in [0.15, 0.2) is 0 Å². The highest BCUT2D eigenvalue weighted by molar-refractivity contribution is 5.89. The first kappa shape index (κ1) is 26.0. The summed E-state index contributed by atoms with van der Waals surface area (Å²) < 4.78 is 5.04. The van der Waals surface area contributed by atoms with E-state index in [9.17, 15) is 9.59 Å². The largest absolute Gasteiger partial charge is 0.462 e. The Morgan fingerprint density at radius 1 is 0.829 bits per heavy atom. The van der Waals surface area contributed by atoms with Crippen LogP contribution in [-0.4, -0.2) is 31.6 Å². The van der Waals surface area contributed by atoms with Crippen LogP contribution in [0.25, 0.3) is 0 Å². The second kappa shape index (κ2) is 13.3. The highest BCUT2D eigenvalue weighted by Crippen LogP contribution is 2.31. The van der Waals surface area contributed by atoms with E-state index < -0.39 is 0 Å². The molecule has 5 nitrogen and oxygen atoms in total. The molecule has 3 aromatic rings. The molecule has 1 atom stereocenters. The van der Waals surface area contributed by atoms with E-state index in [1.165, 1.54) is 0 Å². The molecular formula is C30H36N2O3. The molecule has 0 aliphatic heterocycles. The van der Waals surface area contributed by atoms with Gasteiger partial charge in [-0.2, -0.15) is 0 Å². The molecule has 0 aliphatic rings. The third-order valence-electron chi connectivity index (χ3n) is 5.84. The molecule has 1 unspecified atom stereocenters. The second-order valence-corrected chi connectivity index (χ2v) is 8.55. The molecule has 0 heterocycles. The number of anilines is 1. The number of para-hydroxylation sites is 1. The van der Waals surface area contributed by atoms with Gasteiger partial charge in [-0.05, 0) is 49.1 Å². The SMILES string of the molecule is CCCN(CCC)c1ccccc1C(NC(=O)Cc1ccc(C(=O)OCC)cc1)c1ccccc1. The lowest BCUT2D eigenvalue weighted by Crippen LogP contribution is -2.33. The van der Waals surface area contributed by atoms with Crippen LogP contribution in [0.2, 0.25) is 0 Å². The van der Waals surface area contributed by atoms with Gasteiger partial charge >= 0.3 is 5.97 Å². The molecule has 0 bridgehead atoms. The van der Waals surface area contributed by atoms with Crippen molar-refractivity contribution in [2.45, 2.75) is 46.1 Å². The highest BCUT2D eigenvalue weighted by atomic mass is 16.5. The van der Waals surface area contributed by atoms with Crippen LogP contribution in [0.4, 0.5) is 5.69 Å². The average molecular weight is 473 g/mol. The number of ether oxygens (including phenoxy) is 1. The fourth-order valence-electron chi connectivity index (χ4n) is 4.27. The smallest absolute Gasteiger partial charge is 0.338 e. The van der Waals surface area contributed by atoms with Gasteiger partial charge in [-0.15, -0.1) is 0 Å². The Kier molecular flexibility index (Phi) is 9.91. The van der Waals surface area contributed by atoms with Crippen LogP contribution >= 0.6 is 0 Å². The molecule has 1 amide bonds. The Hall–Kier alpha value is -3.60. The number of amides is 1. The minimum Gasteiger partial charge on any atom is -0.462 e. The molecule has 0 saturated carbocycles. The molecule has 0 aliphatic carbocycles. The van der Waals surface area contributed by atoms with E-state index in [2.05, 4.69) is 54.4 Å². The van der Waals surface area contributed by atoms with Gasteiger partial charge in [0.25, 0.3) is 0 Å². The number of hydrogen-bond acceptors (Lipinski definition) is 4. The van der Waals surface area contributed by atoms with Crippen molar-refractivity contribution >= 4 is 17.6 Å². The normalized spacial score (nSPS) is 11.5. The highest BCUT2D eigenvalue weighted by Gasteiger charge is 2.22. The summed E-state index contributed by atoms with van der Waals surface area (Å²) in [5.74, 6) is -0.428. The zero-order chi connectivity index (χ0) is 25.0. The first-order chi connectivity index (χ1) is 17.1. The summed E-state index contributed by atoms with van der Waals surface area (Å²) in [6.07, 6.45) is 2.33. The molecule has 3 aromatic carbocycles. The van der Waals surface area contributed by atoms with E-state index in [-0.39, 0.29) is 24.3 Å². The summed E-state index contributed by atoms with van der Waals surface area (Å²) in [7, 11) is 0. The predicted octanol–water partition coefficient (Wildman–Crippen LogP) is 5.94. The molecule has 1 N–H and O–H groups in total. The van der Waals surface area contributed by atoms with Gasteiger partial charge in [-0.3, -0.25) is 4.79 Å². The number of nitrogens with zero attached hydrogens (tertiary/aromatic N) is 1. The third kappa shape index (κ3) is 7.19. The zero-order valence-electron chi connectivity index (χ0n) is 21.0. The van der Waals surface area contributed by atoms with Gasteiger partial charge < -0.3 is 15.0 Å². The van der Waals surface area contributed by atoms with Crippen LogP contribution in [0, 0.1) is 0 Å². The maximum absolute atomic E-state index is 13.2. The average Bonchev–Trinajstić information content (AvgIpc) is 2.88. The predicted molar refractivity (Wildman–Crippen MR) is 142 cm³/mol. The fourth-order valence-corrected chi connectivity index (χ4v) is 4.27. The summed E-state index contributed by atoms with van der Waals surface area (Å²) >= 11 is 0. The van der Waals surface area contributed by atoms with Crippen molar-refractivity contribution in [1.29, 1.82) is 0 Å². The molecule has 0 saturated heterocycles. The van der Waals surface area contributed by atoms with Gasteiger partial charge in [0.1, 0.15) is 0 Å². The van der Waals surface area contributed by atoms with Crippen molar-refractivity contribution < 1.29 is 14.3 Å². The Labute approximate surface area is 209 Å². The van der Waals surface area contributed by atoms with E-state index in [1.54, 1.807) is 19.1 Å². The Bertz CT molecular complexity index is 1070. The van der Waals surface area contributed by atoms with Crippen LogP contribution in [0.5, 0.6) is 0 Å². The first-order valence-electron chi connectivity index (χ1n) is 12.5. The van der Waals surface area contributed by atoms with Crippen molar-refractivity contribution in [1.82, 2.24) is 5.32 Å². The molecule has 0 aromatic heterocycles. The lowest BCUT2D eigenvalue weighted by molar-refractivity contribution is -0.120. The topological polar surface area (TPSA) is 58.6 Å². The van der Waals surface area contributed by atoms with Gasteiger partial charge in [0, 0.05) is 24.3 Å². The summed E-state index contributed by atoms with van der Waals surface area (Å²) in [5, 5.41) is 3.28. The maximum atomic E-state index is 13.2. The second-order valence-electron chi connectivity index (χ2n) is 8.55. The molecule has 3 rings (SSSR count). The maximum Gasteiger partial charge on any atom is 0.338 e. The van der Waals surface area contributed by atoms with Gasteiger partial charge in [0.2, 0.25) is 5.91 Å². The number of carbonyl (C=O) groups is 2. The van der Waals surface area contributed by atoms with Crippen LogP contribution in [0.15, 0.2) is 78.9 Å². The van der Waals surface area contributed by atoms with Gasteiger partial charge in [-0.1, -0.05) is 74.5 Å². The minimum absolute atomic E-state index is 0.0740. The van der Waals surface area contributed by atoms with Crippen molar-refractivity contribution in [3.63, 3.8) is 0 Å². The molecule has 184 valence electrons. The number of rotatable bonds is 12. The van der Waals surface area contributed by atoms with Gasteiger partial charge in [0.05, 0.1) is 24.6 Å². The quantitative estimate of drug-likeness (QED) is 0.332. The standard InChI is InChI=1S/C30H36N2O3/c1-4-20-32(21-5-2)27-15-11-10-14-26(27)29(24-12-8-7-9-13-24)31-28(33)22-23-16-18-25(19-17-23)30(34)35-6-3/h7-19,29H,4-6,20-22H2,1-3H3,(H,31,33). The zero-order valence-corrected chi connectivity index (χ0v) is 21.0. The Morgan fingerprint density at radius 2 is 1.46 bits per heavy atom. The van der Waals surface area contributed by atoms with E-state index >= 15 is 0 Å². The summed E-state index contributed by atoms with van der Waals surface area (Å²) in [6.45, 7) is 8.42. The first-order valence-corrected chi connectivity index (χ1v) is 12.5. The van der Waals surface area contributed by atoms with Crippen molar-refractivity contribution in [3.8, 4) is 0 Å². The summed E-state index contributed by atoms with van der Waals surface area (Å²) in [6, 6.07) is 25.2. The third-order valence-corrected chi connectivity index (χ3v) is 5.84. The number of carbonyl (C=O) groups excluding carboxylic acids is 2. The lowest BCUT2D eigenvalue weighted by atomic mass is 9.95. The van der Waals surface area contributed by atoms with Crippen LogP contribution < -0.4 is 10.2 Å². The minimum atomic E-state index is -0.354. The van der Waals surface area contributed by atoms with Crippen molar-refractivity contribution in [2.24, 2.45) is 0 Å². The molecule has 35 heavy (non-hydrogen) atoms. The molecule has 5 heteroatoms. The molecule has 0 radical (unpaired) electrons. The number of nitrogens with one attached hydrogen (secondary N) is 1. The lowest BCUT2D eigenvalue weighted by Gasteiger charge is -2.30. The summed E-state index contributed by atoms with van der Waals surface area (Å²) in [4.78, 5) is 27.5. The van der Waals surface area contributed by atoms with Crippen LogP contribution in [0.3, 0.4) is 0 Å². The Balaban J connectivity index is 1.86. The number of hydrogen-bond donors (Lipinski definition) is 1. The van der Waals surface area contributed by atoms with Gasteiger partial charge in [-0.25, -0.2) is 4.79 Å². The van der Waals surface area contributed by atoms with E-state index in [0.29, 0.717) is 12.2 Å². The molecule has 0 spiro atoms. The van der Waals surface area contributed by atoms with Crippen molar-refractivity contribution in [2.75, 3.05) is 24.6 Å². The number of benzene rings is 3. The molecule has 0 fully saturated rings. The van der Waals surface area contributed by atoms with Crippen LogP contribution in [-0.2, 0) is 16.0 Å². The van der Waals surface area contributed by atoms with Crippen molar-refractivity contribution in [3.05, 3.63) is 101 Å². The summed E-state index contributed by atoms with van der Waals surface area (Å²) in [5.41, 5.74) is 4.61. The fraction of sp³-hybridized carbons (Fsp3) is 0.333.